The molecule has 0 amide bonds. The summed E-state index contributed by atoms with van der Waals surface area (Å²) < 4.78 is 52.9. The molecule has 1 aromatic rings. The molecular formula is C19H30F2IN5O2S. The zero-order valence-electron chi connectivity index (χ0n) is 17.4. The summed E-state index contributed by atoms with van der Waals surface area (Å²) >= 11 is 0. The molecule has 11 heteroatoms. The van der Waals surface area contributed by atoms with Crippen molar-refractivity contribution in [2.24, 2.45) is 4.99 Å². The minimum Gasteiger partial charge on any atom is -0.366 e. The van der Waals surface area contributed by atoms with Gasteiger partial charge in [-0.1, -0.05) is 0 Å². The predicted molar refractivity (Wildman–Crippen MR) is 126 cm³/mol. The van der Waals surface area contributed by atoms with Crippen molar-refractivity contribution >= 4 is 45.6 Å². The lowest BCUT2D eigenvalue weighted by molar-refractivity contribution is 0.364. The Bertz CT molecular complexity index is 847. The molecule has 0 bridgehead atoms. The molecule has 1 aromatic carbocycles. The van der Waals surface area contributed by atoms with Crippen LogP contribution in [-0.4, -0.2) is 81.7 Å². The highest BCUT2D eigenvalue weighted by molar-refractivity contribution is 14.0. The van der Waals surface area contributed by atoms with Gasteiger partial charge < -0.3 is 15.1 Å². The average molecular weight is 557 g/mol. The van der Waals surface area contributed by atoms with Gasteiger partial charge in [0.05, 0.1) is 18.5 Å². The van der Waals surface area contributed by atoms with Crippen LogP contribution in [0.1, 0.15) is 19.8 Å². The summed E-state index contributed by atoms with van der Waals surface area (Å²) in [4.78, 5) is 8.60. The molecule has 2 heterocycles. The first-order chi connectivity index (χ1) is 13.8. The van der Waals surface area contributed by atoms with Crippen LogP contribution in [0.3, 0.4) is 0 Å². The summed E-state index contributed by atoms with van der Waals surface area (Å²) in [5.41, 5.74) is 0.279. The van der Waals surface area contributed by atoms with Crippen molar-refractivity contribution in [2.45, 2.75) is 25.8 Å². The van der Waals surface area contributed by atoms with Crippen molar-refractivity contribution in [1.82, 2.24) is 14.5 Å². The van der Waals surface area contributed by atoms with Gasteiger partial charge >= 0.3 is 0 Å². The molecule has 2 aliphatic rings. The monoisotopic (exact) mass is 557 g/mol. The van der Waals surface area contributed by atoms with Crippen LogP contribution in [0.15, 0.2) is 23.2 Å². The molecule has 3 rings (SSSR count). The number of nitrogens with one attached hydrogen (secondary N) is 1. The van der Waals surface area contributed by atoms with E-state index in [1.54, 1.807) is 0 Å². The maximum absolute atomic E-state index is 14.0. The van der Waals surface area contributed by atoms with Crippen LogP contribution < -0.4 is 10.2 Å². The van der Waals surface area contributed by atoms with Gasteiger partial charge in [0.25, 0.3) is 0 Å². The Kier molecular flexibility index (Phi) is 9.10. The van der Waals surface area contributed by atoms with Crippen LogP contribution in [0.4, 0.5) is 14.5 Å². The topological polar surface area (TPSA) is 68.2 Å². The zero-order valence-corrected chi connectivity index (χ0v) is 20.5. The standard InChI is InChI=1S/C19H29F2N5O2S.HI/c1-3-22-19(23-14-16-5-4-8-26(16)29(2,27)28)25-11-9-24(10-12-25)18-13-15(20)6-7-17(18)21;/h6-7,13,16H,3-5,8-12,14H2,1-2H3,(H,22,23);1H/t16-;/m1./s1. The Balaban J connectivity index is 0.00000320. The number of benzene rings is 1. The Morgan fingerprint density at radius 3 is 2.53 bits per heavy atom. The van der Waals surface area contributed by atoms with Crippen LogP contribution in [0.5, 0.6) is 0 Å². The van der Waals surface area contributed by atoms with Crippen molar-refractivity contribution in [3.63, 3.8) is 0 Å². The van der Waals surface area contributed by atoms with Gasteiger partial charge in [0.2, 0.25) is 10.0 Å². The van der Waals surface area contributed by atoms with Gasteiger partial charge in [0, 0.05) is 51.4 Å². The molecule has 0 spiro atoms. The summed E-state index contributed by atoms with van der Waals surface area (Å²) in [7, 11) is -3.23. The van der Waals surface area contributed by atoms with Gasteiger partial charge in [-0.3, -0.25) is 4.99 Å². The fourth-order valence-electron chi connectivity index (χ4n) is 3.93. The molecule has 1 atom stereocenters. The number of piperazine rings is 1. The van der Waals surface area contributed by atoms with E-state index in [9.17, 15) is 17.2 Å². The number of aliphatic imine (C=N–C) groups is 1. The van der Waals surface area contributed by atoms with Crippen LogP contribution in [0.25, 0.3) is 0 Å². The van der Waals surface area contributed by atoms with E-state index < -0.39 is 21.7 Å². The van der Waals surface area contributed by atoms with Gasteiger partial charge in [-0.25, -0.2) is 17.2 Å². The van der Waals surface area contributed by atoms with E-state index in [0.29, 0.717) is 45.8 Å². The SMILES string of the molecule is CCNC(=NC[C@H]1CCCN1S(C)(=O)=O)N1CCN(c2cc(F)ccc2F)CC1.I. The van der Waals surface area contributed by atoms with Crippen LogP contribution >= 0.6 is 24.0 Å². The number of anilines is 1. The smallest absolute Gasteiger partial charge is 0.211 e. The third kappa shape index (κ3) is 6.16. The highest BCUT2D eigenvalue weighted by Gasteiger charge is 2.31. The van der Waals surface area contributed by atoms with E-state index in [1.807, 2.05) is 11.8 Å². The quantitative estimate of drug-likeness (QED) is 0.342. The summed E-state index contributed by atoms with van der Waals surface area (Å²) in [5, 5.41) is 3.26. The van der Waals surface area contributed by atoms with Gasteiger partial charge in [-0.15, -0.1) is 24.0 Å². The van der Waals surface area contributed by atoms with Gasteiger partial charge in [0.1, 0.15) is 11.6 Å². The molecule has 1 N–H and O–H groups in total. The molecule has 170 valence electrons. The molecule has 30 heavy (non-hydrogen) atoms. The van der Waals surface area contributed by atoms with Gasteiger partial charge in [0.15, 0.2) is 5.96 Å². The second-order valence-electron chi connectivity index (χ2n) is 7.43. The normalized spacial score (nSPS) is 20.9. The number of hydrogen-bond acceptors (Lipinski definition) is 4. The van der Waals surface area contributed by atoms with Crippen LogP contribution in [-0.2, 0) is 10.0 Å². The summed E-state index contributed by atoms with van der Waals surface area (Å²) in [6.07, 6.45) is 2.90. The summed E-state index contributed by atoms with van der Waals surface area (Å²) in [6, 6.07) is 3.39. The number of hydrogen-bond donors (Lipinski definition) is 1. The van der Waals surface area contributed by atoms with Crippen molar-refractivity contribution in [3.05, 3.63) is 29.8 Å². The van der Waals surface area contributed by atoms with Crippen molar-refractivity contribution in [1.29, 1.82) is 0 Å². The molecule has 2 aliphatic heterocycles. The molecule has 0 aromatic heterocycles. The van der Waals surface area contributed by atoms with E-state index in [2.05, 4.69) is 15.2 Å². The lowest BCUT2D eigenvalue weighted by atomic mass is 10.2. The van der Waals surface area contributed by atoms with Gasteiger partial charge in [-0.2, -0.15) is 4.31 Å². The fourth-order valence-corrected chi connectivity index (χ4v) is 5.11. The summed E-state index contributed by atoms with van der Waals surface area (Å²) in [6.45, 7) is 5.95. The Morgan fingerprint density at radius 2 is 1.90 bits per heavy atom. The first kappa shape index (κ1) is 25.1. The molecule has 0 aliphatic carbocycles. The fraction of sp³-hybridized carbons (Fsp3) is 0.632. The van der Waals surface area contributed by atoms with Crippen LogP contribution in [0, 0.1) is 11.6 Å². The summed E-state index contributed by atoms with van der Waals surface area (Å²) in [5.74, 6) is -0.152. The average Bonchev–Trinajstić information content (AvgIpc) is 3.16. The molecule has 0 saturated carbocycles. The van der Waals surface area contributed by atoms with E-state index >= 15 is 0 Å². The Hall–Kier alpha value is -1.21. The minimum absolute atomic E-state index is 0. The second-order valence-corrected chi connectivity index (χ2v) is 9.37. The van der Waals surface area contributed by atoms with Crippen molar-refractivity contribution in [2.75, 3.05) is 57.0 Å². The Morgan fingerprint density at radius 1 is 1.20 bits per heavy atom. The van der Waals surface area contributed by atoms with Crippen LogP contribution in [0.2, 0.25) is 0 Å². The maximum Gasteiger partial charge on any atom is 0.211 e. The Labute approximate surface area is 194 Å². The number of halogens is 3. The largest absolute Gasteiger partial charge is 0.366 e. The number of sulfonamides is 1. The number of rotatable bonds is 5. The zero-order chi connectivity index (χ0) is 21.0. The molecular weight excluding hydrogens is 527 g/mol. The van der Waals surface area contributed by atoms with E-state index in [0.717, 1.165) is 30.9 Å². The number of guanidine groups is 1. The predicted octanol–water partition coefficient (Wildman–Crippen LogP) is 2.09. The highest BCUT2D eigenvalue weighted by Crippen LogP contribution is 2.23. The third-order valence-corrected chi connectivity index (χ3v) is 6.70. The molecule has 2 fully saturated rings. The second kappa shape index (κ2) is 10.9. The molecule has 0 unspecified atom stereocenters. The first-order valence-electron chi connectivity index (χ1n) is 9.99. The molecule has 0 radical (unpaired) electrons. The first-order valence-corrected chi connectivity index (χ1v) is 11.8. The maximum atomic E-state index is 14.0. The third-order valence-electron chi connectivity index (χ3n) is 5.36. The lowest BCUT2D eigenvalue weighted by Crippen LogP contribution is -2.53. The molecule has 7 nitrogen and oxygen atoms in total. The van der Waals surface area contributed by atoms with E-state index in [-0.39, 0.29) is 35.7 Å². The van der Waals surface area contributed by atoms with Crippen molar-refractivity contribution < 1.29 is 17.2 Å². The number of nitrogens with zero attached hydrogens (tertiary/aromatic N) is 4. The highest BCUT2D eigenvalue weighted by atomic mass is 127. The van der Waals surface area contributed by atoms with E-state index in [4.69, 9.17) is 0 Å². The molecule has 2 saturated heterocycles. The lowest BCUT2D eigenvalue weighted by Gasteiger charge is -2.38. The minimum atomic E-state index is -3.23. The van der Waals surface area contributed by atoms with Crippen molar-refractivity contribution in [3.8, 4) is 0 Å². The van der Waals surface area contributed by atoms with Gasteiger partial charge in [-0.05, 0) is 31.9 Å². The van der Waals surface area contributed by atoms with E-state index in [1.165, 1.54) is 16.6 Å².